The van der Waals surface area contributed by atoms with Crippen molar-refractivity contribution in [1.29, 1.82) is 0 Å². The molecule has 0 saturated carbocycles. The summed E-state index contributed by atoms with van der Waals surface area (Å²) in [5.41, 5.74) is 1.83. The van der Waals surface area contributed by atoms with Gasteiger partial charge in [-0.2, -0.15) is 4.31 Å². The van der Waals surface area contributed by atoms with Crippen molar-refractivity contribution in [3.05, 3.63) is 64.3 Å². The molecule has 2 heterocycles. The van der Waals surface area contributed by atoms with Crippen molar-refractivity contribution < 1.29 is 8.42 Å². The molecule has 3 rings (SSSR count). The van der Waals surface area contributed by atoms with Gasteiger partial charge in [-0.25, -0.2) is 8.42 Å². The van der Waals surface area contributed by atoms with Gasteiger partial charge < -0.3 is 4.57 Å². The molecule has 0 N–H and O–H groups in total. The first-order valence-electron chi connectivity index (χ1n) is 7.08. The molecular weight excluding hydrogens is 320 g/mol. The van der Waals surface area contributed by atoms with E-state index in [2.05, 4.69) is 4.57 Å². The van der Waals surface area contributed by atoms with Crippen molar-refractivity contribution in [3.8, 4) is 0 Å². The van der Waals surface area contributed by atoms with Crippen LogP contribution in [-0.4, -0.2) is 23.8 Å². The van der Waals surface area contributed by atoms with Crippen molar-refractivity contribution in [2.24, 2.45) is 0 Å². The summed E-state index contributed by atoms with van der Waals surface area (Å²) in [6.07, 6.45) is 3.59. The van der Waals surface area contributed by atoms with Crippen molar-refractivity contribution in [2.45, 2.75) is 19.5 Å². The highest BCUT2D eigenvalue weighted by Crippen LogP contribution is 2.28. The minimum Gasteiger partial charge on any atom is -0.349 e. The van der Waals surface area contributed by atoms with Gasteiger partial charge in [-0.15, -0.1) is 0 Å². The summed E-state index contributed by atoms with van der Waals surface area (Å²) in [5.74, 6) is 0. The molecule has 4 nitrogen and oxygen atoms in total. The van der Waals surface area contributed by atoms with Gasteiger partial charge in [0.1, 0.15) is 0 Å². The smallest absolute Gasteiger partial charge is 0.236 e. The van der Waals surface area contributed by atoms with Gasteiger partial charge in [0.05, 0.1) is 6.04 Å². The monoisotopic (exact) mass is 336 g/mol. The molecule has 1 aromatic carbocycles. The zero-order valence-corrected chi connectivity index (χ0v) is 13.8. The molecular formula is C16H17ClN2O2S. The molecule has 1 atom stereocenters. The van der Waals surface area contributed by atoms with Crippen LogP contribution >= 0.6 is 11.6 Å². The van der Waals surface area contributed by atoms with Crippen LogP contribution in [0.15, 0.2) is 48.0 Å². The van der Waals surface area contributed by atoms with Gasteiger partial charge in [-0.3, -0.25) is 0 Å². The van der Waals surface area contributed by atoms with E-state index in [1.807, 2.05) is 25.3 Å². The van der Waals surface area contributed by atoms with Crippen LogP contribution in [0.5, 0.6) is 0 Å². The SMILES string of the molecule is C[C@H]1c2cccn2CCN1S(=O)(=O)/C=C/c1ccc(Cl)cc1. The Bertz CT molecular complexity index is 794. The average Bonchev–Trinajstić information content (AvgIpc) is 2.96. The maximum atomic E-state index is 12.6. The molecule has 0 radical (unpaired) electrons. The number of fused-ring (bicyclic) bond motifs is 1. The highest BCUT2D eigenvalue weighted by Gasteiger charge is 2.31. The fourth-order valence-electron chi connectivity index (χ4n) is 2.72. The van der Waals surface area contributed by atoms with E-state index in [0.29, 0.717) is 18.1 Å². The maximum Gasteiger partial charge on any atom is 0.236 e. The second-order valence-electron chi connectivity index (χ2n) is 5.31. The number of rotatable bonds is 3. The zero-order chi connectivity index (χ0) is 15.7. The van der Waals surface area contributed by atoms with Crippen molar-refractivity contribution in [2.75, 3.05) is 6.54 Å². The Kier molecular flexibility index (Phi) is 4.12. The van der Waals surface area contributed by atoms with E-state index in [9.17, 15) is 8.42 Å². The molecule has 0 spiro atoms. The lowest BCUT2D eigenvalue weighted by Gasteiger charge is -2.32. The number of nitrogens with zero attached hydrogens (tertiary/aromatic N) is 2. The van der Waals surface area contributed by atoms with Gasteiger partial charge in [0, 0.05) is 35.4 Å². The second kappa shape index (κ2) is 5.91. The van der Waals surface area contributed by atoms with Gasteiger partial charge in [0.2, 0.25) is 10.0 Å². The van der Waals surface area contributed by atoms with E-state index in [0.717, 1.165) is 11.3 Å². The summed E-state index contributed by atoms with van der Waals surface area (Å²) in [6, 6.07) is 10.8. The summed E-state index contributed by atoms with van der Waals surface area (Å²) in [5, 5.41) is 1.90. The van der Waals surface area contributed by atoms with E-state index in [1.54, 1.807) is 30.3 Å². The maximum absolute atomic E-state index is 12.6. The minimum absolute atomic E-state index is 0.163. The molecule has 116 valence electrons. The molecule has 0 unspecified atom stereocenters. The van der Waals surface area contributed by atoms with E-state index in [1.165, 1.54) is 9.71 Å². The lowest BCUT2D eigenvalue weighted by molar-refractivity contribution is 0.285. The predicted molar refractivity (Wildman–Crippen MR) is 89.0 cm³/mol. The third kappa shape index (κ3) is 2.97. The Hall–Kier alpha value is -1.56. The lowest BCUT2D eigenvalue weighted by Crippen LogP contribution is -2.39. The standard InChI is InChI=1S/C16H17ClN2O2S/c1-13-16-3-2-9-18(16)10-11-19(13)22(20,21)12-8-14-4-6-15(17)7-5-14/h2-9,12-13H,10-11H2,1H3/b12-8+/t13-/m0/s1. The largest absolute Gasteiger partial charge is 0.349 e. The van der Waals surface area contributed by atoms with Crippen LogP contribution in [0.25, 0.3) is 6.08 Å². The fraction of sp³-hybridized carbons (Fsp3) is 0.250. The lowest BCUT2D eigenvalue weighted by atomic mass is 10.2. The first-order valence-corrected chi connectivity index (χ1v) is 8.96. The number of halogens is 1. The van der Waals surface area contributed by atoms with Gasteiger partial charge in [-0.1, -0.05) is 23.7 Å². The molecule has 1 aliphatic rings. The third-order valence-corrected chi connectivity index (χ3v) is 5.80. The molecule has 0 bridgehead atoms. The molecule has 2 aromatic rings. The molecule has 0 amide bonds. The molecule has 1 aliphatic heterocycles. The van der Waals surface area contributed by atoms with Gasteiger partial charge in [-0.05, 0) is 42.8 Å². The summed E-state index contributed by atoms with van der Waals surface area (Å²) in [7, 11) is -3.45. The molecule has 0 aliphatic carbocycles. The molecule has 0 saturated heterocycles. The number of aromatic nitrogens is 1. The highest BCUT2D eigenvalue weighted by molar-refractivity contribution is 7.92. The Morgan fingerprint density at radius 2 is 1.91 bits per heavy atom. The third-order valence-electron chi connectivity index (χ3n) is 3.92. The first-order chi connectivity index (χ1) is 10.5. The van der Waals surface area contributed by atoms with E-state index in [4.69, 9.17) is 11.6 Å². The van der Waals surface area contributed by atoms with Crippen LogP contribution in [0.1, 0.15) is 24.2 Å². The summed E-state index contributed by atoms with van der Waals surface area (Å²) < 4.78 is 28.8. The number of sulfonamides is 1. The molecule has 22 heavy (non-hydrogen) atoms. The summed E-state index contributed by atoms with van der Waals surface area (Å²) in [6.45, 7) is 3.08. The topological polar surface area (TPSA) is 42.3 Å². The van der Waals surface area contributed by atoms with E-state index < -0.39 is 10.0 Å². The van der Waals surface area contributed by atoms with Crippen molar-refractivity contribution in [1.82, 2.24) is 8.87 Å². The van der Waals surface area contributed by atoms with Gasteiger partial charge in [0.15, 0.2) is 0 Å². The molecule has 1 aromatic heterocycles. The molecule has 6 heteroatoms. The minimum atomic E-state index is -3.45. The summed E-state index contributed by atoms with van der Waals surface area (Å²) >= 11 is 5.83. The van der Waals surface area contributed by atoms with E-state index >= 15 is 0 Å². The van der Waals surface area contributed by atoms with Gasteiger partial charge in [0.25, 0.3) is 0 Å². The second-order valence-corrected chi connectivity index (χ2v) is 7.52. The van der Waals surface area contributed by atoms with Crippen LogP contribution in [0.4, 0.5) is 0 Å². The highest BCUT2D eigenvalue weighted by atomic mass is 35.5. The van der Waals surface area contributed by atoms with Crippen LogP contribution < -0.4 is 0 Å². The Labute approximate surface area is 135 Å². The van der Waals surface area contributed by atoms with Crippen LogP contribution in [-0.2, 0) is 16.6 Å². The van der Waals surface area contributed by atoms with Crippen LogP contribution in [0.3, 0.4) is 0 Å². The predicted octanol–water partition coefficient (Wildman–Crippen LogP) is 3.52. The van der Waals surface area contributed by atoms with Crippen LogP contribution in [0.2, 0.25) is 5.02 Å². The van der Waals surface area contributed by atoms with Gasteiger partial charge >= 0.3 is 0 Å². The average molecular weight is 337 g/mol. The Morgan fingerprint density at radius 1 is 1.18 bits per heavy atom. The van der Waals surface area contributed by atoms with Crippen molar-refractivity contribution >= 4 is 27.7 Å². The zero-order valence-electron chi connectivity index (χ0n) is 12.2. The number of hydrogen-bond donors (Lipinski definition) is 0. The number of hydrogen-bond acceptors (Lipinski definition) is 2. The summed E-state index contributed by atoms with van der Waals surface area (Å²) in [4.78, 5) is 0. The normalized spacial score (nSPS) is 19.5. The first kappa shape index (κ1) is 15.3. The fourth-order valence-corrected chi connectivity index (χ4v) is 4.22. The quantitative estimate of drug-likeness (QED) is 0.860. The Balaban J connectivity index is 1.83. The molecule has 0 fully saturated rings. The Morgan fingerprint density at radius 3 is 2.64 bits per heavy atom. The van der Waals surface area contributed by atoms with E-state index in [-0.39, 0.29) is 6.04 Å². The van der Waals surface area contributed by atoms with Crippen LogP contribution in [0, 0.1) is 0 Å². The number of benzene rings is 1. The van der Waals surface area contributed by atoms with Crippen molar-refractivity contribution in [3.63, 3.8) is 0 Å².